The first-order chi connectivity index (χ1) is 38.6. The maximum absolute atomic E-state index is 14.8. The Hall–Kier alpha value is -3.97. The first-order valence-corrected chi connectivity index (χ1v) is 29.5. The van der Waals surface area contributed by atoms with E-state index in [-0.39, 0.29) is 62.8 Å². The van der Waals surface area contributed by atoms with Crippen molar-refractivity contribution in [2.45, 2.75) is 192 Å². The first-order valence-electron chi connectivity index (χ1n) is 29.5. The molecule has 81 heavy (non-hydrogen) atoms. The monoisotopic (exact) mass is 1150 g/mol. The van der Waals surface area contributed by atoms with Crippen molar-refractivity contribution in [3.8, 4) is 0 Å². The largest absolute Gasteiger partial charge is 0.459 e. The summed E-state index contributed by atoms with van der Waals surface area (Å²) in [6, 6.07) is -2.13. The molecule has 1 aliphatic carbocycles. The van der Waals surface area contributed by atoms with Crippen molar-refractivity contribution in [3.05, 3.63) is 47.6 Å². The van der Waals surface area contributed by atoms with Crippen molar-refractivity contribution in [2.24, 2.45) is 35.3 Å². The van der Waals surface area contributed by atoms with Gasteiger partial charge in [0.15, 0.2) is 5.78 Å². The predicted molar refractivity (Wildman–Crippen MR) is 301 cm³/mol. The number of amides is 2. The smallest absolute Gasteiger partial charge is 0.407 e. The number of hydrogen-bond donors (Lipinski definition) is 6. The van der Waals surface area contributed by atoms with E-state index in [9.17, 15) is 44.4 Å². The lowest BCUT2D eigenvalue weighted by molar-refractivity contribution is -0.231. The molecule has 3 aliphatic heterocycles. The quantitative estimate of drug-likeness (QED) is 0.0437. The molecule has 2 amide bonds. The van der Waals surface area contributed by atoms with Gasteiger partial charge in [0.25, 0.3) is 5.91 Å². The molecule has 1 saturated carbocycles. The zero-order chi connectivity index (χ0) is 59.6. The summed E-state index contributed by atoms with van der Waals surface area (Å²) in [6.07, 6.45) is 6.19. The van der Waals surface area contributed by atoms with Crippen molar-refractivity contribution in [1.29, 1.82) is 0 Å². The number of fused-ring (bicyclic) bond motifs is 3. The molecule has 3 fully saturated rings. The number of esters is 1. The summed E-state index contributed by atoms with van der Waals surface area (Å²) < 4.78 is 51.7. The van der Waals surface area contributed by atoms with Crippen LogP contribution in [0.25, 0.3) is 0 Å². The molecule has 0 aromatic rings. The van der Waals surface area contributed by atoms with Gasteiger partial charge in [-0.05, 0) is 108 Å². The van der Waals surface area contributed by atoms with Crippen LogP contribution in [0.1, 0.15) is 126 Å². The van der Waals surface area contributed by atoms with Crippen molar-refractivity contribution >= 4 is 29.5 Å². The minimum atomic E-state index is -2.91. The Labute approximate surface area is 480 Å². The Morgan fingerprint density at radius 1 is 0.778 bits per heavy atom. The van der Waals surface area contributed by atoms with Crippen LogP contribution in [-0.4, -0.2) is 202 Å². The SMILES string of the molecule is CCOCCOCCOCCOCCNC(=O)O[C@@H]1CC[C@@H](C[C@@H](N)[C@@H]2C[C@@H](O)[C@H](C)/C=C(\C)[C@@H](O)[C@@H](O)C(=O)[C@H](C)C[C@H](C)/C=C/C=C/C=C(\C)[C@@H](OC)C[C@@H]3CC[C@@H](C)C(=O)C(O)(O3)C(=O)N3CCCC[C@H]3C(=O)O2)C[C@H]1OC. The summed E-state index contributed by atoms with van der Waals surface area (Å²) in [7, 11) is 3.07. The van der Waals surface area contributed by atoms with Crippen LogP contribution >= 0.6 is 0 Å². The van der Waals surface area contributed by atoms with Crippen molar-refractivity contribution in [1.82, 2.24) is 10.2 Å². The topological polar surface area (TPSA) is 291 Å². The number of nitrogens with one attached hydrogen (secondary N) is 1. The molecule has 7 N–H and O–H groups in total. The van der Waals surface area contributed by atoms with Crippen LogP contribution in [0.2, 0.25) is 0 Å². The van der Waals surface area contributed by atoms with Gasteiger partial charge in [-0.1, -0.05) is 64.2 Å². The molecule has 0 spiro atoms. The van der Waals surface area contributed by atoms with Gasteiger partial charge in [0.05, 0.1) is 70.7 Å². The molecule has 0 radical (unpaired) electrons. The van der Waals surface area contributed by atoms with Gasteiger partial charge in [0.2, 0.25) is 5.78 Å². The summed E-state index contributed by atoms with van der Waals surface area (Å²) in [4.78, 5) is 71.0. The minimum Gasteiger partial charge on any atom is -0.459 e. The Morgan fingerprint density at radius 2 is 1.46 bits per heavy atom. The molecule has 21 nitrogen and oxygen atoms in total. The van der Waals surface area contributed by atoms with Gasteiger partial charge in [0.1, 0.15) is 30.5 Å². The number of allylic oxidation sites excluding steroid dienone is 5. The van der Waals surface area contributed by atoms with Crippen LogP contribution < -0.4 is 11.1 Å². The lowest BCUT2D eigenvalue weighted by atomic mass is 9.80. The Bertz CT molecular complexity index is 2070. The standard InChI is InChI=1S/C60H99N3O18/c1-10-75-26-27-77-30-31-78-29-28-76-25-23-62-59(71)80-49-22-20-44(35-52(49)74-9)34-46(61)51-37-48(64)41(5)33-43(7)54(66)55(67)53(65)42(6)32-38(2)16-12-11-13-17-39(3)50(73-8)36-45-21-19-40(4)56(68)60(72,81-45)58(70)63-24-15-14-18-47(63)57(69)79-51/h11-13,16-17,33,38,40-42,44-52,54-55,64,66-67,72H,10,14-15,18-32,34-37,61H2,1-9H3,(H,62,71)/b13-11+,16-12+,39-17+,43-33+/t38-,40-,41-,42-,44+,45+,46-,47+,48-,49-,50+,51+,52-,54-,55+,60?/m1/s1. The second kappa shape index (κ2) is 36.0. The molecule has 2 saturated heterocycles. The Balaban J connectivity index is 1.54. The number of cyclic esters (lactones) is 1. The number of ether oxygens (including phenoxy) is 9. The molecule has 4 rings (SSSR count). The number of aliphatic hydroxyl groups excluding tert-OH is 3. The van der Waals surface area contributed by atoms with E-state index in [1.54, 1.807) is 40.9 Å². The molecule has 16 atom stereocenters. The highest BCUT2D eigenvalue weighted by Gasteiger charge is 2.55. The third-order valence-corrected chi connectivity index (χ3v) is 16.1. The van der Waals surface area contributed by atoms with Gasteiger partial charge in [-0.3, -0.25) is 14.4 Å². The van der Waals surface area contributed by atoms with Crippen molar-refractivity contribution in [3.63, 3.8) is 0 Å². The highest BCUT2D eigenvalue weighted by Crippen LogP contribution is 2.36. The summed E-state index contributed by atoms with van der Waals surface area (Å²) >= 11 is 0. The summed E-state index contributed by atoms with van der Waals surface area (Å²) in [6.45, 7) is 16.1. The highest BCUT2D eigenvalue weighted by molar-refractivity contribution is 6.09. The number of ketones is 2. The Kier molecular flexibility index (Phi) is 30.9. The number of carbonyl (C=O) groups excluding carboxylic acids is 5. The van der Waals surface area contributed by atoms with E-state index in [4.69, 9.17) is 48.4 Å². The van der Waals surface area contributed by atoms with Crippen molar-refractivity contribution < 1.29 is 87.0 Å². The second-order valence-corrected chi connectivity index (χ2v) is 22.6. The van der Waals surface area contributed by atoms with Gasteiger partial charge in [-0.25, -0.2) is 9.59 Å². The van der Waals surface area contributed by atoms with Gasteiger partial charge < -0.3 is 79.0 Å². The normalized spacial score (nSPS) is 35.6. The third kappa shape index (κ3) is 22.2. The fourth-order valence-electron chi connectivity index (χ4n) is 11.1. The average Bonchev–Trinajstić information content (AvgIpc) is 3.74. The molecule has 21 heteroatoms. The van der Waals surface area contributed by atoms with E-state index >= 15 is 0 Å². The van der Waals surface area contributed by atoms with Gasteiger partial charge in [0, 0.05) is 70.6 Å². The maximum Gasteiger partial charge on any atom is 0.407 e. The molecule has 4 aliphatic rings. The molecule has 462 valence electrons. The molecule has 1 unspecified atom stereocenters. The minimum absolute atomic E-state index is 0.0205. The number of nitrogens with two attached hydrogens (primary N) is 1. The lowest BCUT2D eigenvalue weighted by Gasteiger charge is -2.40. The van der Waals surface area contributed by atoms with Crippen LogP contribution in [0.4, 0.5) is 4.79 Å². The Morgan fingerprint density at radius 3 is 2.12 bits per heavy atom. The molecule has 0 aromatic carbocycles. The van der Waals surface area contributed by atoms with Crippen LogP contribution in [0.15, 0.2) is 47.6 Å². The fraction of sp³-hybridized carbons (Fsp3) is 0.783. The number of methoxy groups -OCH3 is 2. The van der Waals surface area contributed by atoms with Gasteiger partial charge in [-0.15, -0.1) is 0 Å². The molecular weight excluding hydrogens is 1050 g/mol. The zero-order valence-corrected chi connectivity index (χ0v) is 49.7. The van der Waals surface area contributed by atoms with Gasteiger partial charge in [-0.2, -0.15) is 0 Å². The maximum atomic E-state index is 14.8. The average molecular weight is 1150 g/mol. The lowest BCUT2D eigenvalue weighted by Crippen LogP contribution is -2.62. The van der Waals surface area contributed by atoms with Gasteiger partial charge >= 0.3 is 17.8 Å². The van der Waals surface area contributed by atoms with Crippen LogP contribution in [0, 0.1) is 29.6 Å². The molecule has 0 aromatic heterocycles. The van der Waals surface area contributed by atoms with E-state index in [0.29, 0.717) is 97.6 Å². The zero-order valence-electron chi connectivity index (χ0n) is 49.7. The van der Waals surface area contributed by atoms with Crippen molar-refractivity contribution in [2.75, 3.05) is 80.2 Å². The van der Waals surface area contributed by atoms with E-state index in [1.165, 1.54) is 12.0 Å². The van der Waals surface area contributed by atoms with E-state index in [1.807, 2.05) is 51.2 Å². The molecular formula is C60H99N3O18. The van der Waals surface area contributed by atoms with Crippen LogP contribution in [0.5, 0.6) is 0 Å². The number of hydrogen-bond acceptors (Lipinski definition) is 19. The third-order valence-electron chi connectivity index (χ3n) is 16.1. The highest BCUT2D eigenvalue weighted by atomic mass is 16.6. The van der Waals surface area contributed by atoms with E-state index in [2.05, 4.69) is 5.32 Å². The molecule has 2 bridgehead atoms. The summed E-state index contributed by atoms with van der Waals surface area (Å²) in [5, 5.41) is 49.2. The number of nitrogens with zero attached hydrogens (tertiary/aromatic N) is 1. The number of aliphatic hydroxyl groups is 4. The van der Waals surface area contributed by atoms with E-state index in [0.717, 1.165) is 5.57 Å². The number of Topliss-reactive ketones (excluding diaryl/α,β-unsaturated/α-hetero) is 2. The number of rotatable bonds is 19. The number of alkyl carbamates (subject to hydrolysis) is 1. The van der Waals surface area contributed by atoms with E-state index < -0.39 is 114 Å². The molecule has 3 heterocycles. The summed E-state index contributed by atoms with van der Waals surface area (Å²) in [5.41, 5.74) is 8.08. The number of piperidine rings is 1. The first kappa shape index (κ1) is 69.5. The second-order valence-electron chi connectivity index (χ2n) is 22.6. The predicted octanol–water partition coefficient (Wildman–Crippen LogP) is 4.83. The van der Waals surface area contributed by atoms with Crippen LogP contribution in [-0.2, 0) is 61.8 Å². The summed E-state index contributed by atoms with van der Waals surface area (Å²) in [5.74, 6) is -8.37. The van der Waals surface area contributed by atoms with Crippen LogP contribution in [0.3, 0.4) is 0 Å². The fourth-order valence-corrected chi connectivity index (χ4v) is 11.1. The number of carbonyl (C=O) groups is 5.